The van der Waals surface area contributed by atoms with Crippen LogP contribution in [0.4, 0.5) is 0 Å². The third kappa shape index (κ3) is 21.7. The van der Waals surface area contributed by atoms with Crippen LogP contribution in [0.1, 0.15) is 66.4 Å². The van der Waals surface area contributed by atoms with Crippen molar-refractivity contribution in [2.45, 2.75) is 110 Å². The standard InChI is InChI=1S/C41H67N13O12/c1-7-22(4)33(40(66)47-18-30(57)51-28(16-25-12-9-8-10-13-25)38(64)53-32(21(2)3)39(65)48-19-31(58)59)54-35(61)23(5)49-29(56)17-46-37(63)27(14-11-15-45-41(43)44)52-34(60)24(6)50-36(62)26(42)20-55/h8-10,12-13,21-24,26-28,32-33,55H,7,11,14-20,42H2,1-6H3,(H,46,63)(H,47,66)(H,48,65)(H,49,56)(H,50,62)(H,51,57)(H,52,60)(H,53,64)(H,54,61)(H,58,59)(H4,43,44,45). The van der Waals surface area contributed by atoms with Crippen molar-refractivity contribution in [1.82, 2.24) is 47.9 Å². The number of aliphatic hydroxyl groups excluding tert-OH is 1. The number of amides is 9. The molecule has 0 aliphatic heterocycles. The van der Waals surface area contributed by atoms with Crippen LogP contribution >= 0.6 is 0 Å². The SMILES string of the molecule is CCC(C)C(NC(=O)C(C)NC(=O)CNC(=O)C(CCCN=C(N)N)NC(=O)C(C)NC(=O)C(N)CO)C(=O)NCC(=O)NC(Cc1ccccc1)C(=O)NC(C(=O)NCC(=O)O)C(C)C. The largest absolute Gasteiger partial charge is 0.480 e. The molecule has 0 bridgehead atoms. The van der Waals surface area contributed by atoms with Gasteiger partial charge in [0.1, 0.15) is 48.8 Å². The third-order valence-corrected chi connectivity index (χ3v) is 9.87. The molecule has 0 heterocycles. The maximum Gasteiger partial charge on any atom is 0.322 e. The van der Waals surface area contributed by atoms with Gasteiger partial charge in [0, 0.05) is 13.0 Å². The van der Waals surface area contributed by atoms with Crippen molar-refractivity contribution in [3.8, 4) is 0 Å². The first-order valence-electron chi connectivity index (χ1n) is 21.3. The first-order chi connectivity index (χ1) is 31.0. The van der Waals surface area contributed by atoms with Gasteiger partial charge >= 0.3 is 5.97 Å². The summed E-state index contributed by atoms with van der Waals surface area (Å²) in [6.45, 7) is 6.88. The van der Waals surface area contributed by atoms with E-state index >= 15 is 0 Å². The van der Waals surface area contributed by atoms with Crippen molar-refractivity contribution < 1.29 is 58.2 Å². The molecule has 368 valence electrons. The van der Waals surface area contributed by atoms with E-state index in [9.17, 15) is 47.9 Å². The second kappa shape index (κ2) is 29.5. The first-order valence-corrected chi connectivity index (χ1v) is 21.3. The lowest BCUT2D eigenvalue weighted by atomic mass is 9.98. The van der Waals surface area contributed by atoms with Crippen molar-refractivity contribution in [3.63, 3.8) is 0 Å². The van der Waals surface area contributed by atoms with E-state index in [0.717, 1.165) is 0 Å². The molecule has 66 heavy (non-hydrogen) atoms. The Morgan fingerprint density at radius 3 is 1.71 bits per heavy atom. The summed E-state index contributed by atoms with van der Waals surface area (Å²) in [5.41, 5.74) is 16.8. The highest BCUT2D eigenvalue weighted by molar-refractivity contribution is 5.97. The molecular weight excluding hydrogens is 867 g/mol. The average Bonchev–Trinajstić information content (AvgIpc) is 3.27. The van der Waals surface area contributed by atoms with Crippen LogP contribution in [0.15, 0.2) is 35.3 Å². The van der Waals surface area contributed by atoms with Gasteiger partial charge in [0.2, 0.25) is 53.2 Å². The monoisotopic (exact) mass is 934 g/mol. The van der Waals surface area contributed by atoms with Crippen molar-refractivity contribution in [1.29, 1.82) is 0 Å². The number of aliphatic imine (C=N–C) groups is 1. The summed E-state index contributed by atoms with van der Waals surface area (Å²) in [4.78, 5) is 132. The van der Waals surface area contributed by atoms with Gasteiger partial charge < -0.3 is 75.3 Å². The molecule has 1 aromatic carbocycles. The van der Waals surface area contributed by atoms with Gasteiger partial charge in [-0.25, -0.2) is 0 Å². The summed E-state index contributed by atoms with van der Waals surface area (Å²) in [7, 11) is 0. The van der Waals surface area contributed by atoms with E-state index < -0.39 is 140 Å². The van der Waals surface area contributed by atoms with Gasteiger partial charge in [-0.05, 0) is 44.1 Å². The number of rotatable bonds is 29. The van der Waals surface area contributed by atoms with Gasteiger partial charge in [-0.2, -0.15) is 0 Å². The molecule has 0 radical (unpaired) electrons. The highest BCUT2D eigenvalue weighted by Crippen LogP contribution is 2.10. The molecule has 0 saturated heterocycles. The molecule has 25 heteroatoms. The number of carboxylic acids is 1. The number of benzene rings is 1. The third-order valence-electron chi connectivity index (χ3n) is 9.87. The Labute approximate surface area is 382 Å². The van der Waals surface area contributed by atoms with E-state index in [1.54, 1.807) is 58.0 Å². The van der Waals surface area contributed by atoms with E-state index in [-0.39, 0.29) is 31.8 Å². The molecule has 1 rings (SSSR count). The Kier molecular flexibility index (Phi) is 25.6. The lowest BCUT2D eigenvalue weighted by Gasteiger charge is -2.26. The molecule has 0 saturated carbocycles. The lowest BCUT2D eigenvalue weighted by Crippen LogP contribution is -2.58. The minimum atomic E-state index is -1.28. The van der Waals surface area contributed by atoms with Gasteiger partial charge in [-0.15, -0.1) is 0 Å². The fourth-order valence-electron chi connectivity index (χ4n) is 5.81. The minimum Gasteiger partial charge on any atom is -0.480 e. The molecule has 0 spiro atoms. The number of carbonyl (C=O) groups is 10. The summed E-state index contributed by atoms with van der Waals surface area (Å²) < 4.78 is 0. The Balaban J connectivity index is 2.97. The maximum atomic E-state index is 13.5. The Hall–Kier alpha value is -6.89. The molecule has 9 amide bonds. The number of carboxylic acid groups (broad SMARTS) is 1. The molecule has 8 atom stereocenters. The van der Waals surface area contributed by atoms with Crippen LogP contribution in [0.3, 0.4) is 0 Å². The van der Waals surface area contributed by atoms with Gasteiger partial charge in [-0.1, -0.05) is 64.4 Å². The zero-order valence-corrected chi connectivity index (χ0v) is 38.1. The second-order valence-corrected chi connectivity index (χ2v) is 15.8. The minimum absolute atomic E-state index is 0.00626. The number of nitrogens with two attached hydrogens (primary N) is 3. The number of nitrogens with zero attached hydrogens (tertiary/aromatic N) is 1. The van der Waals surface area contributed by atoms with Crippen molar-refractivity contribution in [2.24, 2.45) is 34.0 Å². The second-order valence-electron chi connectivity index (χ2n) is 15.8. The zero-order valence-electron chi connectivity index (χ0n) is 38.1. The normalized spacial score (nSPS) is 14.4. The quantitative estimate of drug-likeness (QED) is 0.0203. The number of hydrogen-bond acceptors (Lipinski definition) is 13. The number of aliphatic hydroxyl groups is 1. The summed E-state index contributed by atoms with van der Waals surface area (Å²) in [5, 5.41) is 40.1. The predicted molar refractivity (Wildman–Crippen MR) is 239 cm³/mol. The molecule has 17 N–H and O–H groups in total. The van der Waals surface area contributed by atoms with Crippen molar-refractivity contribution in [3.05, 3.63) is 35.9 Å². The molecule has 0 aliphatic rings. The Morgan fingerprint density at radius 1 is 0.621 bits per heavy atom. The van der Waals surface area contributed by atoms with Crippen LogP contribution in [0.2, 0.25) is 0 Å². The number of carbonyl (C=O) groups excluding carboxylic acids is 9. The van der Waals surface area contributed by atoms with E-state index in [2.05, 4.69) is 52.8 Å². The topological polar surface area (TPSA) is 410 Å². The molecule has 0 aromatic heterocycles. The van der Waals surface area contributed by atoms with E-state index in [4.69, 9.17) is 27.4 Å². The van der Waals surface area contributed by atoms with Gasteiger partial charge in [0.05, 0.1) is 19.7 Å². The van der Waals surface area contributed by atoms with Crippen molar-refractivity contribution in [2.75, 3.05) is 32.8 Å². The fourth-order valence-corrected chi connectivity index (χ4v) is 5.81. The van der Waals surface area contributed by atoms with E-state index in [1.165, 1.54) is 13.8 Å². The summed E-state index contributed by atoms with van der Waals surface area (Å²) >= 11 is 0. The van der Waals surface area contributed by atoms with Crippen molar-refractivity contribution >= 4 is 65.1 Å². The molecule has 0 aliphatic carbocycles. The molecular formula is C41H67N13O12. The number of nitrogens with one attached hydrogen (secondary N) is 9. The van der Waals surface area contributed by atoms with Crippen LogP contribution in [-0.4, -0.2) is 150 Å². The van der Waals surface area contributed by atoms with Crippen LogP contribution in [0.5, 0.6) is 0 Å². The Morgan fingerprint density at radius 2 is 1.15 bits per heavy atom. The summed E-state index contributed by atoms with van der Waals surface area (Å²) in [6, 6.07) is 0.177. The number of aliphatic carboxylic acids is 1. The molecule has 0 fully saturated rings. The Bertz CT molecular complexity index is 1860. The first kappa shape index (κ1) is 57.1. The van der Waals surface area contributed by atoms with Gasteiger partial charge in [-0.3, -0.25) is 52.9 Å². The van der Waals surface area contributed by atoms with Crippen LogP contribution in [-0.2, 0) is 54.4 Å². The number of hydrogen-bond donors (Lipinski definition) is 14. The lowest BCUT2D eigenvalue weighted by molar-refractivity contribution is -0.139. The average molecular weight is 934 g/mol. The predicted octanol–water partition coefficient (Wildman–Crippen LogP) is -5.31. The zero-order chi connectivity index (χ0) is 50.1. The smallest absolute Gasteiger partial charge is 0.322 e. The maximum absolute atomic E-state index is 13.5. The fraction of sp³-hybridized carbons (Fsp3) is 0.585. The van der Waals surface area contributed by atoms with E-state index in [1.807, 2.05) is 0 Å². The summed E-state index contributed by atoms with van der Waals surface area (Å²) in [5.74, 6) is -9.41. The molecule has 25 nitrogen and oxygen atoms in total. The van der Waals surface area contributed by atoms with Gasteiger partial charge in [0.25, 0.3) is 0 Å². The summed E-state index contributed by atoms with van der Waals surface area (Å²) in [6.07, 6.45) is 0.620. The molecule has 1 aromatic rings. The number of guanidine groups is 1. The highest BCUT2D eigenvalue weighted by Gasteiger charge is 2.32. The van der Waals surface area contributed by atoms with Gasteiger partial charge in [0.15, 0.2) is 5.96 Å². The van der Waals surface area contributed by atoms with Crippen LogP contribution in [0, 0.1) is 11.8 Å². The highest BCUT2D eigenvalue weighted by atomic mass is 16.4. The van der Waals surface area contributed by atoms with E-state index in [0.29, 0.717) is 12.0 Å². The molecule has 8 unspecified atom stereocenters. The van der Waals surface area contributed by atoms with Crippen LogP contribution < -0.4 is 65.1 Å². The van der Waals surface area contributed by atoms with Crippen LogP contribution in [0.25, 0.3) is 0 Å².